The highest BCUT2D eigenvalue weighted by molar-refractivity contribution is 5.88. The average Bonchev–Trinajstić information content (AvgIpc) is 2.66. The number of nitrogens with one attached hydrogen (secondary N) is 4. The summed E-state index contributed by atoms with van der Waals surface area (Å²) in [4.78, 5) is 52.0. The lowest BCUT2D eigenvalue weighted by Crippen LogP contribution is -2.43. The Labute approximate surface area is 148 Å². The Hall–Kier alpha value is -2.37. The third-order valence-corrected chi connectivity index (χ3v) is 1.71. The molecule has 3 amide bonds. The van der Waals surface area contributed by atoms with Crippen LogP contribution in [-0.4, -0.2) is 77.1 Å². The molecule has 8 N–H and O–H groups in total. The number of hydrogen-bond acceptors (Lipinski definition) is 8. The zero-order valence-corrected chi connectivity index (χ0v) is 15.4. The Morgan fingerprint density at radius 2 is 1.16 bits per heavy atom. The standard InChI is InChI=1S/C9H16N4O4.C2H5NO.C2H6.CH5N/c1-10-4-7(15)12-6-9(17)13-5-8(16)11-2-3-14;3-1-2-4;2*1-2/h3,10H,2,4-6H2,1H3,(H,11,16)(H,12,15)(H,13,17);2H,1,3H2;1-2H3;2H2,1H3. The highest BCUT2D eigenvalue weighted by Crippen LogP contribution is 1.68. The first-order valence-electron chi connectivity index (χ1n) is 7.61. The van der Waals surface area contributed by atoms with Gasteiger partial charge in [0.2, 0.25) is 17.7 Å². The number of aldehydes is 2. The Kier molecular flexibility index (Phi) is 36.1. The summed E-state index contributed by atoms with van der Waals surface area (Å²) in [6, 6.07) is 0. The molecule has 0 bridgehead atoms. The zero-order chi connectivity index (χ0) is 20.5. The molecule has 0 unspecified atom stereocenters. The molecule has 11 nitrogen and oxygen atoms in total. The summed E-state index contributed by atoms with van der Waals surface area (Å²) in [6.45, 7) is 3.75. The lowest BCUT2D eigenvalue weighted by Gasteiger charge is -2.06. The number of nitrogens with two attached hydrogens (primary N) is 2. The average molecular weight is 364 g/mol. The molecule has 0 aromatic heterocycles. The lowest BCUT2D eigenvalue weighted by molar-refractivity contribution is -0.127. The summed E-state index contributed by atoms with van der Waals surface area (Å²) >= 11 is 0. The molecule has 0 atom stereocenters. The van der Waals surface area contributed by atoms with Gasteiger partial charge >= 0.3 is 0 Å². The van der Waals surface area contributed by atoms with Crippen LogP contribution in [0.2, 0.25) is 0 Å². The summed E-state index contributed by atoms with van der Waals surface area (Å²) in [6.07, 6.45) is 1.19. The first kappa shape index (κ1) is 30.5. The Bertz CT molecular complexity index is 353. The van der Waals surface area contributed by atoms with Crippen LogP contribution in [0.15, 0.2) is 0 Å². The van der Waals surface area contributed by atoms with E-state index in [4.69, 9.17) is 4.79 Å². The summed E-state index contributed by atoms with van der Waals surface area (Å²) < 4.78 is 0. The summed E-state index contributed by atoms with van der Waals surface area (Å²) in [5, 5.41) is 9.51. The van der Waals surface area contributed by atoms with E-state index < -0.39 is 11.8 Å². The van der Waals surface area contributed by atoms with E-state index in [1.54, 1.807) is 7.05 Å². The molecule has 11 heteroatoms. The molecular weight excluding hydrogens is 332 g/mol. The molecule has 0 spiro atoms. The van der Waals surface area contributed by atoms with Crippen molar-refractivity contribution in [2.24, 2.45) is 11.5 Å². The van der Waals surface area contributed by atoms with E-state index in [9.17, 15) is 19.2 Å². The number of carbonyl (C=O) groups excluding carboxylic acids is 5. The molecule has 148 valence electrons. The van der Waals surface area contributed by atoms with E-state index in [1.165, 1.54) is 7.05 Å². The maximum atomic E-state index is 11.1. The fraction of sp³-hybridized carbons (Fsp3) is 0.643. The van der Waals surface area contributed by atoms with Gasteiger partial charge in [-0.05, 0) is 14.1 Å². The van der Waals surface area contributed by atoms with E-state index in [-0.39, 0.29) is 38.6 Å². The van der Waals surface area contributed by atoms with Gasteiger partial charge in [-0.15, -0.1) is 0 Å². The van der Waals surface area contributed by atoms with Gasteiger partial charge in [0, 0.05) is 6.54 Å². The number of carbonyl (C=O) groups is 5. The second-order valence-corrected chi connectivity index (χ2v) is 3.46. The minimum absolute atomic E-state index is 0.0897. The van der Waals surface area contributed by atoms with Gasteiger partial charge in [-0.25, -0.2) is 0 Å². The van der Waals surface area contributed by atoms with Crippen molar-refractivity contribution >= 4 is 30.3 Å². The first-order chi connectivity index (χ1) is 12.0. The Morgan fingerprint density at radius 1 is 0.800 bits per heavy atom. The van der Waals surface area contributed by atoms with Crippen LogP contribution >= 0.6 is 0 Å². The van der Waals surface area contributed by atoms with E-state index in [0.717, 1.165) is 0 Å². The van der Waals surface area contributed by atoms with Gasteiger partial charge in [0.1, 0.15) is 12.6 Å². The largest absolute Gasteiger partial charge is 0.348 e. The number of likely N-dealkylation sites (N-methyl/N-ethyl adjacent to an activating group) is 1. The smallest absolute Gasteiger partial charge is 0.239 e. The molecule has 0 heterocycles. The SMILES string of the molecule is CC.CN.CNCC(=O)NCC(=O)NCC(=O)NCC=O.NCC=O. The van der Waals surface area contributed by atoms with Crippen LogP contribution < -0.4 is 32.7 Å². The van der Waals surface area contributed by atoms with E-state index in [1.807, 2.05) is 13.8 Å². The van der Waals surface area contributed by atoms with Crippen LogP contribution in [0, 0.1) is 0 Å². The molecule has 25 heavy (non-hydrogen) atoms. The van der Waals surface area contributed by atoms with Crippen molar-refractivity contribution < 1.29 is 24.0 Å². The highest BCUT2D eigenvalue weighted by atomic mass is 16.2. The van der Waals surface area contributed by atoms with Crippen LogP contribution in [0.4, 0.5) is 0 Å². The fourth-order valence-electron chi connectivity index (χ4n) is 0.861. The van der Waals surface area contributed by atoms with E-state index in [2.05, 4.69) is 32.7 Å². The predicted molar refractivity (Wildman–Crippen MR) is 95.6 cm³/mol. The van der Waals surface area contributed by atoms with Gasteiger partial charge in [-0.3, -0.25) is 14.4 Å². The molecule has 0 radical (unpaired) electrons. The third-order valence-electron chi connectivity index (χ3n) is 1.71. The summed E-state index contributed by atoms with van der Waals surface area (Å²) in [5.41, 5.74) is 9.16. The molecular formula is C14H32N6O5. The first-order valence-corrected chi connectivity index (χ1v) is 7.61. The summed E-state index contributed by atoms with van der Waals surface area (Å²) in [5.74, 6) is -1.25. The predicted octanol–water partition coefficient (Wildman–Crippen LogP) is -3.50. The van der Waals surface area contributed by atoms with Crippen molar-refractivity contribution in [2.75, 3.05) is 46.8 Å². The van der Waals surface area contributed by atoms with Gasteiger partial charge in [-0.2, -0.15) is 0 Å². The zero-order valence-electron chi connectivity index (χ0n) is 15.4. The molecule has 0 saturated heterocycles. The van der Waals surface area contributed by atoms with Crippen molar-refractivity contribution in [1.29, 1.82) is 0 Å². The minimum atomic E-state index is -0.476. The fourth-order valence-corrected chi connectivity index (χ4v) is 0.861. The van der Waals surface area contributed by atoms with Crippen molar-refractivity contribution in [3.63, 3.8) is 0 Å². The van der Waals surface area contributed by atoms with Crippen LogP contribution in [0.3, 0.4) is 0 Å². The van der Waals surface area contributed by atoms with Gasteiger partial charge in [0.05, 0.1) is 26.2 Å². The van der Waals surface area contributed by atoms with Crippen molar-refractivity contribution in [1.82, 2.24) is 21.3 Å². The number of amides is 3. The van der Waals surface area contributed by atoms with Crippen LogP contribution in [0.5, 0.6) is 0 Å². The second kappa shape index (κ2) is 29.6. The maximum absolute atomic E-state index is 11.1. The highest BCUT2D eigenvalue weighted by Gasteiger charge is 2.06. The van der Waals surface area contributed by atoms with Gasteiger partial charge in [0.15, 0.2) is 0 Å². The van der Waals surface area contributed by atoms with Crippen molar-refractivity contribution in [2.45, 2.75) is 13.8 Å². The van der Waals surface area contributed by atoms with Crippen molar-refractivity contribution in [3.05, 3.63) is 0 Å². The van der Waals surface area contributed by atoms with E-state index in [0.29, 0.717) is 12.6 Å². The molecule has 0 rings (SSSR count). The minimum Gasteiger partial charge on any atom is -0.348 e. The number of hydrogen-bond donors (Lipinski definition) is 6. The Balaban J connectivity index is -0.000000234. The van der Waals surface area contributed by atoms with E-state index >= 15 is 0 Å². The van der Waals surface area contributed by atoms with Crippen molar-refractivity contribution in [3.8, 4) is 0 Å². The molecule has 0 saturated carbocycles. The van der Waals surface area contributed by atoms with Crippen LogP contribution in [-0.2, 0) is 24.0 Å². The molecule has 0 aromatic rings. The molecule has 0 aliphatic carbocycles. The topological polar surface area (TPSA) is 186 Å². The number of rotatable bonds is 9. The normalized spacial score (nSPS) is 7.76. The van der Waals surface area contributed by atoms with Crippen LogP contribution in [0.25, 0.3) is 0 Å². The lowest BCUT2D eigenvalue weighted by atomic mass is 10.5. The van der Waals surface area contributed by atoms with Gasteiger partial charge in [-0.1, -0.05) is 13.8 Å². The molecule has 0 aromatic carbocycles. The molecule has 0 aliphatic heterocycles. The quantitative estimate of drug-likeness (QED) is 0.227. The monoisotopic (exact) mass is 364 g/mol. The maximum Gasteiger partial charge on any atom is 0.239 e. The molecule has 0 aliphatic rings. The Morgan fingerprint density at radius 3 is 1.48 bits per heavy atom. The molecule has 0 fully saturated rings. The second-order valence-electron chi connectivity index (χ2n) is 3.46. The van der Waals surface area contributed by atoms with Gasteiger partial charge < -0.3 is 42.3 Å². The van der Waals surface area contributed by atoms with Gasteiger partial charge in [0.25, 0.3) is 0 Å². The van der Waals surface area contributed by atoms with Crippen LogP contribution in [0.1, 0.15) is 13.8 Å². The third kappa shape index (κ3) is 34.1. The summed E-state index contributed by atoms with van der Waals surface area (Å²) in [7, 11) is 3.11.